The van der Waals surface area contributed by atoms with Gasteiger partial charge < -0.3 is 4.90 Å². The number of halogens is 1. The minimum atomic E-state index is 0.505. The number of hydrogen-bond acceptors (Lipinski definition) is 3. The molecule has 0 aliphatic heterocycles. The fourth-order valence-corrected chi connectivity index (χ4v) is 2.91. The van der Waals surface area contributed by atoms with E-state index in [4.69, 9.17) is 0 Å². The number of benzene rings is 2. The summed E-state index contributed by atoms with van der Waals surface area (Å²) in [6.07, 6.45) is 0. The van der Waals surface area contributed by atoms with Crippen molar-refractivity contribution in [1.82, 2.24) is 0 Å². The Morgan fingerprint density at radius 1 is 1.19 bits per heavy atom. The summed E-state index contributed by atoms with van der Waals surface area (Å²) in [7, 11) is 4.00. The number of nitroso groups, excluding NO2 is 1. The molecule has 0 aliphatic rings. The molecule has 16 heavy (non-hydrogen) atoms. The molecule has 0 bridgehead atoms. The third-order valence-corrected chi connectivity index (χ3v) is 3.32. The van der Waals surface area contributed by atoms with Crippen molar-refractivity contribution in [2.24, 2.45) is 5.18 Å². The maximum Gasteiger partial charge on any atom is 0.117 e. The molecule has 2 rings (SSSR count). The highest BCUT2D eigenvalue weighted by Gasteiger charge is 2.11. The van der Waals surface area contributed by atoms with Crippen LogP contribution in [0.4, 0.5) is 11.4 Å². The van der Waals surface area contributed by atoms with Crippen molar-refractivity contribution >= 4 is 44.7 Å². The Kier molecular flexibility index (Phi) is 3.09. The highest BCUT2D eigenvalue weighted by molar-refractivity contribution is 14.1. The molecular formula is C12H11IN2O. The smallest absolute Gasteiger partial charge is 0.117 e. The molecule has 0 heterocycles. The molecule has 0 unspecified atom stereocenters. The summed E-state index contributed by atoms with van der Waals surface area (Å²) in [6.45, 7) is 0. The van der Waals surface area contributed by atoms with Crippen molar-refractivity contribution in [2.45, 2.75) is 0 Å². The number of fused-ring (bicyclic) bond motifs is 1. The van der Waals surface area contributed by atoms with E-state index in [-0.39, 0.29) is 0 Å². The third kappa shape index (κ3) is 1.77. The first-order chi connectivity index (χ1) is 7.65. The van der Waals surface area contributed by atoms with Gasteiger partial charge in [0, 0.05) is 28.4 Å². The van der Waals surface area contributed by atoms with Gasteiger partial charge in [0.1, 0.15) is 5.69 Å². The number of rotatable bonds is 2. The van der Waals surface area contributed by atoms with Gasteiger partial charge in [-0.1, -0.05) is 24.3 Å². The fourth-order valence-electron chi connectivity index (χ4n) is 1.84. The van der Waals surface area contributed by atoms with E-state index < -0.39 is 0 Å². The summed E-state index contributed by atoms with van der Waals surface area (Å²) in [5.74, 6) is 0. The quantitative estimate of drug-likeness (QED) is 0.619. The minimum absolute atomic E-state index is 0.505. The Morgan fingerprint density at radius 3 is 2.38 bits per heavy atom. The van der Waals surface area contributed by atoms with Crippen LogP contribution in [0.5, 0.6) is 0 Å². The lowest BCUT2D eigenvalue weighted by Crippen LogP contribution is -2.10. The standard InChI is InChI=1S/C12H11IN2O/c1-15(2)12-9-6-4-3-5-8(9)11(14-16)7-10(12)13/h3-7H,1-2H3. The summed E-state index contributed by atoms with van der Waals surface area (Å²) in [5, 5.41) is 5.05. The van der Waals surface area contributed by atoms with Gasteiger partial charge in [-0.05, 0) is 33.8 Å². The lowest BCUT2D eigenvalue weighted by atomic mass is 10.1. The topological polar surface area (TPSA) is 32.7 Å². The maximum atomic E-state index is 10.8. The van der Waals surface area contributed by atoms with Crippen LogP contribution in [0.2, 0.25) is 0 Å². The first-order valence-corrected chi connectivity index (χ1v) is 5.95. The zero-order valence-electron chi connectivity index (χ0n) is 9.07. The molecule has 0 atom stereocenters. The molecule has 0 aliphatic carbocycles. The van der Waals surface area contributed by atoms with Gasteiger partial charge in [0.05, 0.1) is 5.69 Å². The van der Waals surface area contributed by atoms with E-state index in [0.29, 0.717) is 5.69 Å². The van der Waals surface area contributed by atoms with Crippen molar-refractivity contribution < 1.29 is 0 Å². The normalized spacial score (nSPS) is 10.4. The Balaban J connectivity index is 2.91. The molecule has 0 saturated heterocycles. The lowest BCUT2D eigenvalue weighted by molar-refractivity contribution is 1.13. The van der Waals surface area contributed by atoms with E-state index in [1.807, 2.05) is 44.4 Å². The Bertz CT molecular complexity index is 552. The first kappa shape index (κ1) is 11.3. The van der Waals surface area contributed by atoms with Crippen molar-refractivity contribution in [3.63, 3.8) is 0 Å². The number of nitrogens with zero attached hydrogens (tertiary/aromatic N) is 2. The van der Waals surface area contributed by atoms with Gasteiger partial charge in [-0.25, -0.2) is 0 Å². The van der Waals surface area contributed by atoms with Crippen LogP contribution in [-0.2, 0) is 0 Å². The van der Waals surface area contributed by atoms with Gasteiger partial charge in [0.2, 0.25) is 0 Å². The summed E-state index contributed by atoms with van der Waals surface area (Å²) >= 11 is 2.23. The van der Waals surface area contributed by atoms with E-state index in [9.17, 15) is 4.91 Å². The van der Waals surface area contributed by atoms with Crippen molar-refractivity contribution in [3.8, 4) is 0 Å². The molecule has 0 spiro atoms. The van der Waals surface area contributed by atoms with Gasteiger partial charge in [0.25, 0.3) is 0 Å². The predicted octanol–water partition coefficient (Wildman–Crippen LogP) is 3.91. The Labute approximate surface area is 108 Å². The van der Waals surface area contributed by atoms with Crippen LogP contribution in [0.1, 0.15) is 0 Å². The summed E-state index contributed by atoms with van der Waals surface area (Å²) in [4.78, 5) is 12.8. The van der Waals surface area contributed by atoms with Crippen LogP contribution >= 0.6 is 22.6 Å². The van der Waals surface area contributed by atoms with Crippen LogP contribution < -0.4 is 4.90 Å². The zero-order chi connectivity index (χ0) is 11.7. The second-order valence-corrected chi connectivity index (χ2v) is 4.92. The molecule has 0 radical (unpaired) electrons. The molecule has 2 aromatic rings. The molecule has 0 N–H and O–H groups in total. The SMILES string of the molecule is CN(C)c1c(I)cc(N=O)c2ccccc12. The number of anilines is 1. The average Bonchev–Trinajstić information content (AvgIpc) is 2.27. The van der Waals surface area contributed by atoms with Crippen LogP contribution in [0, 0.1) is 8.48 Å². The zero-order valence-corrected chi connectivity index (χ0v) is 11.2. The van der Waals surface area contributed by atoms with Gasteiger partial charge in [-0.2, -0.15) is 0 Å². The second-order valence-electron chi connectivity index (χ2n) is 3.76. The number of hydrogen-bond donors (Lipinski definition) is 0. The van der Waals surface area contributed by atoms with Crippen molar-refractivity contribution in [2.75, 3.05) is 19.0 Å². The highest BCUT2D eigenvalue weighted by Crippen LogP contribution is 2.36. The molecule has 3 nitrogen and oxygen atoms in total. The molecule has 82 valence electrons. The predicted molar refractivity (Wildman–Crippen MR) is 76.4 cm³/mol. The fraction of sp³-hybridized carbons (Fsp3) is 0.167. The van der Waals surface area contributed by atoms with Crippen LogP contribution in [0.25, 0.3) is 10.8 Å². The van der Waals surface area contributed by atoms with Gasteiger partial charge >= 0.3 is 0 Å². The highest BCUT2D eigenvalue weighted by atomic mass is 127. The molecule has 0 fully saturated rings. The van der Waals surface area contributed by atoms with Crippen LogP contribution in [0.3, 0.4) is 0 Å². The van der Waals surface area contributed by atoms with Gasteiger partial charge in [0.15, 0.2) is 0 Å². The average molecular weight is 326 g/mol. The van der Waals surface area contributed by atoms with E-state index in [0.717, 1.165) is 20.0 Å². The van der Waals surface area contributed by atoms with Crippen LogP contribution in [-0.4, -0.2) is 14.1 Å². The van der Waals surface area contributed by atoms with E-state index in [1.165, 1.54) is 0 Å². The molecule has 0 amide bonds. The Hall–Kier alpha value is -1.17. The van der Waals surface area contributed by atoms with Gasteiger partial charge in [-0.3, -0.25) is 0 Å². The van der Waals surface area contributed by atoms with Crippen molar-refractivity contribution in [3.05, 3.63) is 38.8 Å². The first-order valence-electron chi connectivity index (χ1n) is 4.87. The summed E-state index contributed by atoms with van der Waals surface area (Å²) in [5.41, 5.74) is 1.63. The third-order valence-electron chi connectivity index (χ3n) is 2.49. The molecular weight excluding hydrogens is 315 g/mol. The minimum Gasteiger partial charge on any atom is -0.376 e. The molecule has 4 heteroatoms. The van der Waals surface area contributed by atoms with E-state index in [2.05, 4.69) is 32.7 Å². The molecule has 0 aromatic heterocycles. The van der Waals surface area contributed by atoms with Gasteiger partial charge in [-0.15, -0.1) is 4.91 Å². The Morgan fingerprint density at radius 2 is 1.81 bits per heavy atom. The van der Waals surface area contributed by atoms with Crippen molar-refractivity contribution in [1.29, 1.82) is 0 Å². The monoisotopic (exact) mass is 326 g/mol. The maximum absolute atomic E-state index is 10.8. The molecule has 2 aromatic carbocycles. The molecule has 0 saturated carbocycles. The van der Waals surface area contributed by atoms with E-state index >= 15 is 0 Å². The lowest BCUT2D eigenvalue weighted by Gasteiger charge is -2.18. The van der Waals surface area contributed by atoms with Crippen LogP contribution in [0.15, 0.2) is 35.5 Å². The second kappa shape index (κ2) is 4.37. The summed E-state index contributed by atoms with van der Waals surface area (Å²) in [6, 6.07) is 9.66. The largest absolute Gasteiger partial charge is 0.376 e. The summed E-state index contributed by atoms with van der Waals surface area (Å²) < 4.78 is 1.04. The van der Waals surface area contributed by atoms with E-state index in [1.54, 1.807) is 0 Å².